The molecule has 1 amide bonds. The summed E-state index contributed by atoms with van der Waals surface area (Å²) >= 11 is 0. The first-order chi connectivity index (χ1) is 11.7. The van der Waals surface area contributed by atoms with Gasteiger partial charge < -0.3 is 20.3 Å². The molecule has 25 heavy (non-hydrogen) atoms. The average molecular weight is 468 g/mol. The fourth-order valence-electron chi connectivity index (χ4n) is 2.61. The minimum atomic E-state index is -0.144. The number of methoxy groups -OCH3 is 1. The first-order valence-electron chi connectivity index (χ1n) is 9.04. The number of aliphatic imine (C=N–C) groups is 1. The van der Waals surface area contributed by atoms with Gasteiger partial charge in [-0.15, -0.1) is 24.0 Å². The quantitative estimate of drug-likeness (QED) is 0.159. The number of hydrogen-bond donors (Lipinski definition) is 2. The van der Waals surface area contributed by atoms with E-state index in [0.29, 0.717) is 19.4 Å². The Balaban J connectivity index is 0.00000576. The molecule has 0 aromatic rings. The number of unbranched alkanes of at least 4 members (excludes halogenated alkanes) is 2. The summed E-state index contributed by atoms with van der Waals surface area (Å²) in [6.07, 6.45) is 5.89. The van der Waals surface area contributed by atoms with Crippen LogP contribution in [0.15, 0.2) is 4.99 Å². The molecule has 0 aliphatic carbocycles. The Bertz CT molecular complexity index is 419. The highest BCUT2D eigenvalue weighted by Gasteiger charge is 2.18. The monoisotopic (exact) mass is 468 g/mol. The van der Waals surface area contributed by atoms with E-state index in [4.69, 9.17) is 0 Å². The number of ether oxygens (including phenoxy) is 1. The predicted octanol–water partition coefficient (Wildman–Crippen LogP) is 1.91. The first-order valence-corrected chi connectivity index (χ1v) is 9.04. The molecule has 0 bridgehead atoms. The minimum absolute atomic E-state index is 0. The number of likely N-dealkylation sites (tertiary alicyclic amines) is 1. The molecular formula is C17H33IN4O3. The number of hydrogen-bond acceptors (Lipinski definition) is 4. The summed E-state index contributed by atoms with van der Waals surface area (Å²) in [5.41, 5.74) is 0. The molecule has 1 heterocycles. The van der Waals surface area contributed by atoms with Gasteiger partial charge in [-0.05, 0) is 32.6 Å². The lowest BCUT2D eigenvalue weighted by atomic mass is 10.2. The first kappa shape index (κ1) is 23.9. The average Bonchev–Trinajstić information content (AvgIpc) is 2.99. The summed E-state index contributed by atoms with van der Waals surface area (Å²) in [5.74, 6) is 0.948. The number of guanidine groups is 1. The Morgan fingerprint density at radius 3 is 2.68 bits per heavy atom. The number of nitrogens with zero attached hydrogens (tertiary/aromatic N) is 2. The molecule has 0 radical (unpaired) electrons. The van der Waals surface area contributed by atoms with E-state index in [1.54, 1.807) is 0 Å². The van der Waals surface area contributed by atoms with Crippen molar-refractivity contribution in [1.82, 2.24) is 15.5 Å². The summed E-state index contributed by atoms with van der Waals surface area (Å²) < 4.78 is 4.62. The van der Waals surface area contributed by atoms with Gasteiger partial charge in [0.25, 0.3) is 0 Å². The predicted molar refractivity (Wildman–Crippen MR) is 110 cm³/mol. The van der Waals surface area contributed by atoms with E-state index in [-0.39, 0.29) is 35.9 Å². The fraction of sp³-hybridized carbons (Fsp3) is 0.824. The second kappa shape index (κ2) is 15.2. The molecule has 0 spiro atoms. The SMILES string of the molecule is CCNC(=NCCCN1CCCC1=O)NCCCCCC(=O)OC.I. The highest BCUT2D eigenvalue weighted by Crippen LogP contribution is 2.09. The summed E-state index contributed by atoms with van der Waals surface area (Å²) in [6.45, 7) is 6.09. The minimum Gasteiger partial charge on any atom is -0.469 e. The molecule has 1 rings (SSSR count). The van der Waals surface area contributed by atoms with Crippen LogP contribution in [0.2, 0.25) is 0 Å². The van der Waals surface area contributed by atoms with Crippen molar-refractivity contribution in [2.45, 2.75) is 51.9 Å². The number of amides is 1. The lowest BCUT2D eigenvalue weighted by molar-refractivity contribution is -0.140. The normalized spacial score (nSPS) is 14.2. The Morgan fingerprint density at radius 1 is 1.24 bits per heavy atom. The van der Waals surface area contributed by atoms with Crippen LogP contribution in [0.5, 0.6) is 0 Å². The molecule has 0 saturated carbocycles. The number of esters is 1. The Kier molecular flexibility index (Phi) is 14.6. The molecule has 8 heteroatoms. The molecule has 1 aliphatic heterocycles. The smallest absolute Gasteiger partial charge is 0.305 e. The van der Waals surface area contributed by atoms with Crippen LogP contribution in [0.3, 0.4) is 0 Å². The largest absolute Gasteiger partial charge is 0.469 e. The van der Waals surface area contributed by atoms with Crippen molar-refractivity contribution in [1.29, 1.82) is 0 Å². The van der Waals surface area contributed by atoms with E-state index in [1.165, 1.54) is 7.11 Å². The van der Waals surface area contributed by atoms with Gasteiger partial charge in [-0.25, -0.2) is 0 Å². The number of carbonyl (C=O) groups is 2. The van der Waals surface area contributed by atoms with Gasteiger partial charge in [0.2, 0.25) is 5.91 Å². The van der Waals surface area contributed by atoms with E-state index in [2.05, 4.69) is 20.4 Å². The van der Waals surface area contributed by atoms with E-state index in [9.17, 15) is 9.59 Å². The van der Waals surface area contributed by atoms with Gasteiger partial charge in [-0.3, -0.25) is 14.6 Å². The number of halogens is 1. The number of rotatable bonds is 11. The van der Waals surface area contributed by atoms with Gasteiger partial charge in [0, 0.05) is 45.6 Å². The van der Waals surface area contributed by atoms with E-state index in [1.807, 2.05) is 11.8 Å². The summed E-state index contributed by atoms with van der Waals surface area (Å²) in [5, 5.41) is 6.52. The third-order valence-electron chi connectivity index (χ3n) is 3.95. The van der Waals surface area contributed by atoms with E-state index in [0.717, 1.165) is 64.2 Å². The van der Waals surface area contributed by atoms with Crippen molar-refractivity contribution in [2.24, 2.45) is 4.99 Å². The number of nitrogens with one attached hydrogen (secondary N) is 2. The maximum atomic E-state index is 11.5. The van der Waals surface area contributed by atoms with Crippen molar-refractivity contribution in [2.75, 3.05) is 39.8 Å². The maximum Gasteiger partial charge on any atom is 0.305 e. The zero-order valence-corrected chi connectivity index (χ0v) is 17.8. The maximum absolute atomic E-state index is 11.5. The van der Waals surface area contributed by atoms with Crippen LogP contribution in [0.25, 0.3) is 0 Å². The van der Waals surface area contributed by atoms with Gasteiger partial charge in [-0.2, -0.15) is 0 Å². The van der Waals surface area contributed by atoms with Gasteiger partial charge >= 0.3 is 5.97 Å². The Morgan fingerprint density at radius 2 is 2.04 bits per heavy atom. The zero-order valence-electron chi connectivity index (χ0n) is 15.5. The van der Waals surface area contributed by atoms with Crippen LogP contribution in [-0.2, 0) is 14.3 Å². The van der Waals surface area contributed by atoms with Gasteiger partial charge in [0.1, 0.15) is 0 Å². The van der Waals surface area contributed by atoms with Crippen LogP contribution in [0.1, 0.15) is 51.9 Å². The Hall–Kier alpha value is -1.06. The second-order valence-electron chi connectivity index (χ2n) is 5.91. The van der Waals surface area contributed by atoms with Crippen molar-refractivity contribution < 1.29 is 14.3 Å². The van der Waals surface area contributed by atoms with Crippen molar-refractivity contribution in [3.05, 3.63) is 0 Å². The van der Waals surface area contributed by atoms with Crippen LogP contribution in [0, 0.1) is 0 Å². The van der Waals surface area contributed by atoms with Crippen molar-refractivity contribution in [3.63, 3.8) is 0 Å². The molecule has 7 nitrogen and oxygen atoms in total. The highest BCUT2D eigenvalue weighted by atomic mass is 127. The van der Waals surface area contributed by atoms with Crippen molar-refractivity contribution >= 4 is 41.8 Å². The molecule has 0 aromatic heterocycles. The summed E-state index contributed by atoms with van der Waals surface area (Å²) in [6, 6.07) is 0. The van der Waals surface area contributed by atoms with Gasteiger partial charge in [-0.1, -0.05) is 6.42 Å². The summed E-state index contributed by atoms with van der Waals surface area (Å²) in [4.78, 5) is 29.0. The fourth-order valence-corrected chi connectivity index (χ4v) is 2.61. The van der Waals surface area contributed by atoms with Crippen molar-refractivity contribution in [3.8, 4) is 0 Å². The third kappa shape index (κ3) is 11.2. The second-order valence-corrected chi connectivity index (χ2v) is 5.91. The molecule has 0 atom stereocenters. The van der Waals surface area contributed by atoms with E-state index < -0.39 is 0 Å². The number of carbonyl (C=O) groups excluding carboxylic acids is 2. The standard InChI is InChI=1S/C17H32N4O3.HI/c1-3-18-17(19-11-6-4-5-10-16(23)24-2)20-12-8-14-21-13-7-9-15(21)22;/h3-14H2,1-2H3,(H2,18,19,20);1H. The molecule has 0 aromatic carbocycles. The molecular weight excluding hydrogens is 435 g/mol. The topological polar surface area (TPSA) is 83.0 Å². The molecule has 0 unspecified atom stereocenters. The third-order valence-corrected chi connectivity index (χ3v) is 3.95. The molecule has 1 saturated heterocycles. The summed E-state index contributed by atoms with van der Waals surface area (Å²) in [7, 11) is 1.42. The Labute approximate surface area is 168 Å². The van der Waals surface area contributed by atoms with Crippen LogP contribution in [-0.4, -0.2) is 62.6 Å². The van der Waals surface area contributed by atoms with Gasteiger partial charge in [0.05, 0.1) is 7.11 Å². The van der Waals surface area contributed by atoms with Crippen LogP contribution in [0.4, 0.5) is 0 Å². The zero-order chi connectivity index (χ0) is 17.6. The van der Waals surface area contributed by atoms with Gasteiger partial charge in [0.15, 0.2) is 5.96 Å². The molecule has 146 valence electrons. The lowest BCUT2D eigenvalue weighted by Gasteiger charge is -2.15. The molecule has 1 fully saturated rings. The molecule has 2 N–H and O–H groups in total. The van der Waals surface area contributed by atoms with Crippen LogP contribution >= 0.6 is 24.0 Å². The van der Waals surface area contributed by atoms with Crippen LogP contribution < -0.4 is 10.6 Å². The van der Waals surface area contributed by atoms with E-state index >= 15 is 0 Å². The molecule has 1 aliphatic rings. The lowest BCUT2D eigenvalue weighted by Crippen LogP contribution is -2.38. The highest BCUT2D eigenvalue weighted by molar-refractivity contribution is 14.0.